The minimum atomic E-state index is -4.02. The molecule has 1 N–H and O–H groups in total. The van der Waals surface area contributed by atoms with Gasteiger partial charge < -0.3 is 14.8 Å². The zero-order chi connectivity index (χ0) is 26.9. The van der Waals surface area contributed by atoms with Gasteiger partial charge in [0.25, 0.3) is 0 Å². The van der Waals surface area contributed by atoms with E-state index < -0.39 is 27.9 Å². The van der Waals surface area contributed by atoms with Gasteiger partial charge in [-0.05, 0) is 80.0 Å². The molecule has 1 atom stereocenters. The van der Waals surface area contributed by atoms with Crippen LogP contribution in [-0.4, -0.2) is 44.4 Å². The molecule has 1 aromatic heterocycles. The van der Waals surface area contributed by atoms with Crippen molar-refractivity contribution in [1.29, 1.82) is 0 Å². The maximum absolute atomic E-state index is 13.8. The van der Waals surface area contributed by atoms with Crippen LogP contribution in [0.2, 0.25) is 0 Å². The van der Waals surface area contributed by atoms with Gasteiger partial charge in [-0.1, -0.05) is 24.3 Å². The summed E-state index contributed by atoms with van der Waals surface area (Å²) in [6, 6.07) is 12.7. The van der Waals surface area contributed by atoms with Crippen LogP contribution in [0.15, 0.2) is 53.4 Å². The summed E-state index contributed by atoms with van der Waals surface area (Å²) < 4.78 is 39.4. The molecule has 0 saturated heterocycles. The Bertz CT molecular complexity index is 1460. The second-order valence-electron chi connectivity index (χ2n) is 9.34. The molecule has 3 aromatic rings. The molecule has 0 unspecified atom stereocenters. The number of sulfonamides is 1. The van der Waals surface area contributed by atoms with E-state index in [-0.39, 0.29) is 24.5 Å². The number of ether oxygens (including phenoxy) is 2. The molecule has 0 saturated carbocycles. The van der Waals surface area contributed by atoms with Crippen LogP contribution < -0.4 is 10.1 Å². The molecule has 1 aliphatic carbocycles. The number of hydrogen-bond acceptors (Lipinski definition) is 7. The first-order valence-corrected chi connectivity index (χ1v) is 14.9. The van der Waals surface area contributed by atoms with Gasteiger partial charge in [-0.15, -0.1) is 11.3 Å². The van der Waals surface area contributed by atoms with Crippen LogP contribution in [0.3, 0.4) is 0 Å². The number of rotatable bonds is 7. The van der Waals surface area contributed by atoms with Gasteiger partial charge >= 0.3 is 5.97 Å². The molecule has 2 aromatic carbocycles. The van der Waals surface area contributed by atoms with Crippen LogP contribution in [-0.2, 0) is 45.4 Å². The van der Waals surface area contributed by atoms with Gasteiger partial charge in [0.2, 0.25) is 15.9 Å². The minimum absolute atomic E-state index is 0.0638. The molecule has 2 heterocycles. The van der Waals surface area contributed by atoms with Gasteiger partial charge in [-0.3, -0.25) is 4.79 Å². The topological polar surface area (TPSA) is 102 Å². The highest BCUT2D eigenvalue weighted by Crippen LogP contribution is 2.39. The highest BCUT2D eigenvalue weighted by molar-refractivity contribution is 7.89. The Morgan fingerprint density at radius 2 is 1.76 bits per heavy atom. The molecule has 5 rings (SSSR count). The molecule has 0 spiro atoms. The molecule has 0 bridgehead atoms. The summed E-state index contributed by atoms with van der Waals surface area (Å²) in [6.45, 7) is 2.04. The zero-order valence-electron chi connectivity index (χ0n) is 21.4. The summed E-state index contributed by atoms with van der Waals surface area (Å²) in [4.78, 5) is 27.9. The quantitative estimate of drug-likeness (QED) is 0.430. The van der Waals surface area contributed by atoms with Gasteiger partial charge in [-0.2, -0.15) is 4.31 Å². The number of carbonyl (C=O) groups excluding carboxylic acids is 2. The summed E-state index contributed by atoms with van der Waals surface area (Å²) in [7, 11) is -2.51. The van der Waals surface area contributed by atoms with Gasteiger partial charge in [0.15, 0.2) is 0 Å². The van der Waals surface area contributed by atoms with Crippen molar-refractivity contribution in [2.24, 2.45) is 0 Å². The Hall–Kier alpha value is -3.21. The number of hydrogen-bond donors (Lipinski definition) is 1. The van der Waals surface area contributed by atoms with Crippen LogP contribution in [0, 0.1) is 0 Å². The number of fused-ring (bicyclic) bond motifs is 2. The molecule has 38 heavy (non-hydrogen) atoms. The summed E-state index contributed by atoms with van der Waals surface area (Å²) in [5, 5.41) is 3.36. The highest BCUT2D eigenvalue weighted by atomic mass is 32.2. The van der Waals surface area contributed by atoms with Crippen molar-refractivity contribution in [3.63, 3.8) is 0 Å². The Balaban J connectivity index is 1.51. The van der Waals surface area contributed by atoms with E-state index in [9.17, 15) is 18.0 Å². The van der Waals surface area contributed by atoms with E-state index >= 15 is 0 Å². The van der Waals surface area contributed by atoms with E-state index in [0.717, 1.165) is 47.3 Å². The standard InChI is InChI=1S/C28H30N2O6S2/c1-3-36-28(32)25-22-10-6-7-11-24(22)37-27(25)29-26(31)23-16-18-8-4-5-9-19(18)17-30(23)38(33,34)21-14-12-20(35-2)13-15-21/h4-5,8-9,12-15,23H,3,6-7,10-11,16-17H2,1-2H3,(H,29,31)/t23-/m0/s1. The van der Waals surface area contributed by atoms with E-state index in [1.807, 2.05) is 24.3 Å². The molecule has 0 radical (unpaired) electrons. The van der Waals surface area contributed by atoms with Crippen molar-refractivity contribution in [3.8, 4) is 5.75 Å². The number of benzene rings is 2. The van der Waals surface area contributed by atoms with Crippen molar-refractivity contribution >= 4 is 38.2 Å². The minimum Gasteiger partial charge on any atom is -0.497 e. The number of nitrogens with zero attached hydrogens (tertiary/aromatic N) is 1. The number of amides is 1. The third-order valence-electron chi connectivity index (χ3n) is 7.06. The number of nitrogens with one attached hydrogen (secondary N) is 1. The summed E-state index contributed by atoms with van der Waals surface area (Å²) >= 11 is 1.39. The van der Waals surface area contributed by atoms with Crippen LogP contribution in [0.25, 0.3) is 0 Å². The lowest BCUT2D eigenvalue weighted by molar-refractivity contribution is -0.120. The van der Waals surface area contributed by atoms with E-state index in [4.69, 9.17) is 9.47 Å². The van der Waals surface area contributed by atoms with Gasteiger partial charge in [0.05, 0.1) is 24.2 Å². The van der Waals surface area contributed by atoms with Gasteiger partial charge in [0, 0.05) is 11.4 Å². The summed E-state index contributed by atoms with van der Waals surface area (Å²) in [5.74, 6) is -0.393. The van der Waals surface area contributed by atoms with Crippen LogP contribution in [0.4, 0.5) is 5.00 Å². The molecule has 1 aliphatic heterocycles. The fraction of sp³-hybridized carbons (Fsp3) is 0.357. The Kier molecular flexibility index (Phi) is 7.56. The SMILES string of the molecule is CCOC(=O)c1c(NC(=O)[C@@H]2Cc3ccccc3CN2S(=O)(=O)c2ccc(OC)cc2)sc2c1CCCC2. The largest absolute Gasteiger partial charge is 0.497 e. The first-order valence-electron chi connectivity index (χ1n) is 12.7. The molecular weight excluding hydrogens is 524 g/mol. The average molecular weight is 555 g/mol. The van der Waals surface area contributed by atoms with Crippen molar-refractivity contribution in [1.82, 2.24) is 4.31 Å². The predicted molar refractivity (Wildman–Crippen MR) is 145 cm³/mol. The van der Waals surface area contributed by atoms with Gasteiger partial charge in [-0.25, -0.2) is 13.2 Å². The van der Waals surface area contributed by atoms with Crippen LogP contribution >= 0.6 is 11.3 Å². The van der Waals surface area contributed by atoms with E-state index in [1.165, 1.54) is 34.9 Å². The fourth-order valence-electron chi connectivity index (χ4n) is 5.13. The third kappa shape index (κ3) is 4.95. The van der Waals surface area contributed by atoms with Crippen molar-refractivity contribution in [2.75, 3.05) is 19.0 Å². The number of aryl methyl sites for hydroxylation is 1. The van der Waals surface area contributed by atoms with Crippen LogP contribution in [0.5, 0.6) is 5.75 Å². The fourth-order valence-corrected chi connectivity index (χ4v) is 7.97. The monoisotopic (exact) mass is 554 g/mol. The first-order chi connectivity index (χ1) is 18.3. The second-order valence-corrected chi connectivity index (χ2v) is 12.3. The number of carbonyl (C=O) groups is 2. The summed E-state index contributed by atoms with van der Waals surface area (Å²) in [6.07, 6.45) is 3.81. The predicted octanol–water partition coefficient (Wildman–Crippen LogP) is 4.57. The maximum atomic E-state index is 13.8. The number of esters is 1. The van der Waals surface area contributed by atoms with Crippen LogP contribution in [0.1, 0.15) is 51.7 Å². The Morgan fingerprint density at radius 1 is 1.05 bits per heavy atom. The Morgan fingerprint density at radius 3 is 2.47 bits per heavy atom. The average Bonchev–Trinajstić information content (AvgIpc) is 3.30. The smallest absolute Gasteiger partial charge is 0.341 e. The number of anilines is 1. The Labute approximate surface area is 226 Å². The molecule has 10 heteroatoms. The third-order valence-corrected chi connectivity index (χ3v) is 10.1. The van der Waals surface area contributed by atoms with E-state index in [0.29, 0.717) is 16.3 Å². The lowest BCUT2D eigenvalue weighted by atomic mass is 9.94. The molecule has 200 valence electrons. The van der Waals surface area contributed by atoms with E-state index in [2.05, 4.69) is 5.32 Å². The van der Waals surface area contributed by atoms with Crippen molar-refractivity contribution in [3.05, 3.63) is 75.7 Å². The lowest BCUT2D eigenvalue weighted by Crippen LogP contribution is -2.50. The van der Waals surface area contributed by atoms with Crippen molar-refractivity contribution in [2.45, 2.75) is 56.5 Å². The molecule has 8 nitrogen and oxygen atoms in total. The first kappa shape index (κ1) is 26.4. The summed E-state index contributed by atoms with van der Waals surface area (Å²) in [5.41, 5.74) is 3.12. The second kappa shape index (κ2) is 10.9. The molecule has 2 aliphatic rings. The van der Waals surface area contributed by atoms with E-state index in [1.54, 1.807) is 19.1 Å². The zero-order valence-corrected chi connectivity index (χ0v) is 23.0. The molecular formula is C28H30N2O6S2. The number of methoxy groups -OCH3 is 1. The molecule has 0 fully saturated rings. The normalized spacial score (nSPS) is 17.3. The maximum Gasteiger partial charge on any atom is 0.341 e. The highest BCUT2D eigenvalue weighted by Gasteiger charge is 2.40. The van der Waals surface area contributed by atoms with Crippen molar-refractivity contribution < 1.29 is 27.5 Å². The van der Waals surface area contributed by atoms with Gasteiger partial charge in [0.1, 0.15) is 16.8 Å². The number of thiophene rings is 1. The lowest BCUT2D eigenvalue weighted by Gasteiger charge is -2.35. The molecule has 1 amide bonds.